The third kappa shape index (κ3) is 247. The molecule has 3 nitrogen and oxygen atoms in total. The van der Waals surface area contributed by atoms with Gasteiger partial charge in [-0.15, -0.1) is 0 Å². The van der Waals surface area contributed by atoms with Crippen molar-refractivity contribution in [3.8, 4) is 0 Å². The van der Waals surface area contributed by atoms with Gasteiger partial charge in [0.25, 0.3) is 5.24 Å². The molecule has 0 spiro atoms. The van der Waals surface area contributed by atoms with E-state index in [9.17, 15) is 0 Å². The minimum absolute atomic E-state index is 0. The summed E-state index contributed by atoms with van der Waals surface area (Å²) in [7, 11) is 0. The van der Waals surface area contributed by atoms with E-state index in [1.165, 1.54) is 0 Å². The van der Waals surface area contributed by atoms with Crippen LogP contribution >= 0.6 is 12.6 Å². The summed E-state index contributed by atoms with van der Waals surface area (Å²) in [5.41, 5.74) is 4.34. The molecule has 0 fully saturated rings. The Kier molecular flexibility index (Phi) is 6.68. The van der Waals surface area contributed by atoms with Crippen LogP contribution in [0.15, 0.2) is 0 Å². The number of carbonyl (C=O) groups is 1. The lowest BCUT2D eigenvalue weighted by atomic mass is 11.5. The molecule has 5 heavy (non-hydrogen) atoms. The van der Waals surface area contributed by atoms with E-state index < -0.39 is 5.24 Å². The SMILES string of the molecule is NC(=O)S.O. The molecule has 0 aliphatic carbocycles. The first-order valence-electron chi connectivity index (χ1n) is 0.716. The minimum Gasteiger partial charge on any atom is -0.412 e. The Morgan fingerprint density at radius 1 is 1.80 bits per heavy atom. The highest BCUT2D eigenvalue weighted by Gasteiger charge is 1.63. The first-order valence-corrected chi connectivity index (χ1v) is 1.16. The van der Waals surface area contributed by atoms with Crippen LogP contribution in [0, 0.1) is 0 Å². The molecule has 0 rings (SSSR count). The predicted octanol–water partition coefficient (Wildman–Crippen LogP) is -0.830. The standard InChI is InChI=1S/CH3NOS.H2O/c2-1(3)4;/h(H3,2,3,4);1H2. The maximum atomic E-state index is 9.09. The number of rotatable bonds is 0. The Morgan fingerprint density at radius 3 is 1.80 bits per heavy atom. The fourth-order valence-corrected chi connectivity index (χ4v) is 0. The number of primary amides is 1. The topological polar surface area (TPSA) is 74.6 Å². The van der Waals surface area contributed by atoms with E-state index >= 15 is 0 Å². The summed E-state index contributed by atoms with van der Waals surface area (Å²) >= 11 is 3.10. The smallest absolute Gasteiger partial charge is 0.273 e. The monoisotopic (exact) mass is 95.0 g/mol. The number of carbonyl (C=O) groups excluding carboxylic acids is 1. The van der Waals surface area contributed by atoms with Gasteiger partial charge < -0.3 is 11.2 Å². The van der Waals surface area contributed by atoms with Crippen LogP contribution in [-0.4, -0.2) is 10.7 Å². The molecule has 32 valence electrons. The zero-order valence-corrected chi connectivity index (χ0v) is 3.33. The van der Waals surface area contributed by atoms with Crippen molar-refractivity contribution in [2.75, 3.05) is 0 Å². The minimum atomic E-state index is -0.639. The van der Waals surface area contributed by atoms with Gasteiger partial charge in [-0.05, 0) is 0 Å². The number of hydrogen-bond donors (Lipinski definition) is 2. The lowest BCUT2D eigenvalue weighted by molar-refractivity contribution is 0.267. The second-order valence-corrected chi connectivity index (χ2v) is 0.779. The largest absolute Gasteiger partial charge is 0.412 e. The van der Waals surface area contributed by atoms with Gasteiger partial charge in [-0.1, -0.05) is 12.6 Å². The molecule has 0 bridgehead atoms. The Labute approximate surface area is 34.9 Å². The fraction of sp³-hybridized carbons (Fsp3) is 0. The molecule has 0 aromatic rings. The summed E-state index contributed by atoms with van der Waals surface area (Å²) in [6, 6.07) is 0. The third-order valence-electron chi connectivity index (χ3n) is 0. The average molecular weight is 95.1 g/mol. The van der Waals surface area contributed by atoms with Gasteiger partial charge >= 0.3 is 0 Å². The molecule has 0 radical (unpaired) electrons. The van der Waals surface area contributed by atoms with E-state index in [4.69, 9.17) is 4.79 Å². The van der Waals surface area contributed by atoms with Crippen molar-refractivity contribution in [2.24, 2.45) is 5.73 Å². The molecule has 0 saturated heterocycles. The number of thiol groups is 1. The lowest BCUT2D eigenvalue weighted by Gasteiger charge is -1.58. The van der Waals surface area contributed by atoms with Gasteiger partial charge in [0.15, 0.2) is 0 Å². The molecule has 0 heterocycles. The summed E-state index contributed by atoms with van der Waals surface area (Å²) in [6.07, 6.45) is 0. The summed E-state index contributed by atoms with van der Waals surface area (Å²) in [5, 5.41) is -0.639. The molecule has 0 aromatic carbocycles. The van der Waals surface area contributed by atoms with Crippen LogP contribution in [-0.2, 0) is 0 Å². The molecule has 4 heteroatoms. The van der Waals surface area contributed by atoms with E-state index in [1.54, 1.807) is 0 Å². The van der Waals surface area contributed by atoms with E-state index in [-0.39, 0.29) is 5.48 Å². The number of hydrogen-bond acceptors (Lipinski definition) is 1. The van der Waals surface area contributed by atoms with Crippen molar-refractivity contribution in [2.45, 2.75) is 0 Å². The molecule has 0 atom stereocenters. The van der Waals surface area contributed by atoms with Crippen LogP contribution in [0.3, 0.4) is 0 Å². The van der Waals surface area contributed by atoms with E-state index in [0.29, 0.717) is 0 Å². The van der Waals surface area contributed by atoms with Crippen molar-refractivity contribution >= 4 is 17.9 Å². The second kappa shape index (κ2) is 3.78. The van der Waals surface area contributed by atoms with Gasteiger partial charge in [0, 0.05) is 0 Å². The van der Waals surface area contributed by atoms with Gasteiger partial charge in [-0.3, -0.25) is 4.79 Å². The van der Waals surface area contributed by atoms with E-state index in [2.05, 4.69) is 18.4 Å². The molecule has 0 aliphatic rings. The van der Waals surface area contributed by atoms with E-state index in [0.717, 1.165) is 0 Å². The van der Waals surface area contributed by atoms with Crippen LogP contribution in [0.25, 0.3) is 0 Å². The van der Waals surface area contributed by atoms with Crippen molar-refractivity contribution in [1.82, 2.24) is 0 Å². The van der Waals surface area contributed by atoms with Crippen LogP contribution < -0.4 is 5.73 Å². The Balaban J connectivity index is 0. The third-order valence-corrected chi connectivity index (χ3v) is 0. The Bertz CT molecular complexity index is 32.6. The molecule has 4 N–H and O–H groups in total. The van der Waals surface area contributed by atoms with Gasteiger partial charge in [0.1, 0.15) is 0 Å². The quantitative estimate of drug-likeness (QED) is 0.378. The van der Waals surface area contributed by atoms with Gasteiger partial charge in [-0.2, -0.15) is 0 Å². The van der Waals surface area contributed by atoms with Crippen molar-refractivity contribution < 1.29 is 10.3 Å². The molecule has 0 saturated carbocycles. The zero-order valence-electron chi connectivity index (χ0n) is 2.43. The molecular formula is CH5NO2S. The maximum Gasteiger partial charge on any atom is 0.273 e. The second-order valence-electron chi connectivity index (χ2n) is 0.338. The first-order chi connectivity index (χ1) is 1.73. The summed E-state index contributed by atoms with van der Waals surface area (Å²) in [6.45, 7) is 0. The fourth-order valence-electron chi connectivity index (χ4n) is 0. The summed E-state index contributed by atoms with van der Waals surface area (Å²) < 4.78 is 0. The molecule has 0 aliphatic heterocycles. The Morgan fingerprint density at radius 2 is 1.80 bits per heavy atom. The van der Waals surface area contributed by atoms with Crippen LogP contribution in [0.1, 0.15) is 0 Å². The predicted molar refractivity (Wildman–Crippen MR) is 22.2 cm³/mol. The highest BCUT2D eigenvalue weighted by Crippen LogP contribution is 1.60. The van der Waals surface area contributed by atoms with Crippen LogP contribution in [0.4, 0.5) is 4.79 Å². The molecule has 1 amide bonds. The zero-order chi connectivity index (χ0) is 3.58. The molecule has 0 aromatic heterocycles. The van der Waals surface area contributed by atoms with Crippen molar-refractivity contribution in [3.63, 3.8) is 0 Å². The van der Waals surface area contributed by atoms with Crippen LogP contribution in [0.2, 0.25) is 0 Å². The highest BCUT2D eigenvalue weighted by molar-refractivity contribution is 7.96. The summed E-state index contributed by atoms with van der Waals surface area (Å²) in [5.74, 6) is 0. The van der Waals surface area contributed by atoms with Gasteiger partial charge in [-0.25, -0.2) is 0 Å². The first kappa shape index (κ1) is 8.84. The number of amides is 1. The van der Waals surface area contributed by atoms with Crippen molar-refractivity contribution in [3.05, 3.63) is 0 Å². The molecular weight excluding hydrogens is 90.1 g/mol. The Hall–Kier alpha value is -0.220. The number of nitrogens with two attached hydrogens (primary N) is 1. The van der Waals surface area contributed by atoms with Gasteiger partial charge in [0.05, 0.1) is 0 Å². The molecule has 0 unspecified atom stereocenters. The normalized spacial score (nSPS) is 5.00. The lowest BCUT2D eigenvalue weighted by Crippen LogP contribution is -1.95. The summed E-state index contributed by atoms with van der Waals surface area (Å²) in [4.78, 5) is 9.09. The van der Waals surface area contributed by atoms with Crippen LogP contribution in [0.5, 0.6) is 0 Å². The average Bonchev–Trinajstić information content (AvgIpc) is 0.811. The maximum absolute atomic E-state index is 9.09. The van der Waals surface area contributed by atoms with E-state index in [1.807, 2.05) is 0 Å². The highest BCUT2D eigenvalue weighted by atomic mass is 32.1. The van der Waals surface area contributed by atoms with Gasteiger partial charge in [0.2, 0.25) is 0 Å². The van der Waals surface area contributed by atoms with Crippen molar-refractivity contribution in [1.29, 1.82) is 0 Å².